The van der Waals surface area contributed by atoms with E-state index in [1.807, 2.05) is 35.8 Å². The molecule has 4 aromatic rings. The summed E-state index contributed by atoms with van der Waals surface area (Å²) in [7, 11) is -4.24. The highest BCUT2D eigenvalue weighted by atomic mass is 32.1. The predicted molar refractivity (Wildman–Crippen MR) is 118 cm³/mol. The van der Waals surface area contributed by atoms with Gasteiger partial charge in [-0.15, -0.1) is 0 Å². The molecule has 0 bridgehead atoms. The maximum absolute atomic E-state index is 11.5. The van der Waals surface area contributed by atoms with Crippen molar-refractivity contribution in [2.24, 2.45) is 0 Å². The third-order valence-electron chi connectivity index (χ3n) is 5.07. The number of morpholine rings is 1. The highest BCUT2D eigenvalue weighted by Crippen LogP contribution is 2.41. The van der Waals surface area contributed by atoms with Crippen LogP contribution in [0.15, 0.2) is 24.3 Å². The normalized spacial score (nSPS) is 15.3. The zero-order chi connectivity index (χ0) is 21.6. The van der Waals surface area contributed by atoms with Gasteiger partial charge in [0.1, 0.15) is 22.5 Å². The molecule has 3 aromatic heterocycles. The summed E-state index contributed by atoms with van der Waals surface area (Å²) in [6, 6.07) is 7.83. The number of fused-ring (bicyclic) bond motifs is 2. The van der Waals surface area contributed by atoms with Crippen LogP contribution in [0.2, 0.25) is 0 Å². The summed E-state index contributed by atoms with van der Waals surface area (Å²) in [5.41, 5.74) is 2.33. The Labute approximate surface area is 181 Å². The average Bonchev–Trinajstić information content (AvgIpc) is 3.32. The van der Waals surface area contributed by atoms with Crippen LogP contribution in [0.1, 0.15) is 17.8 Å². The molecule has 0 spiro atoms. The molecule has 1 saturated heterocycles. The van der Waals surface area contributed by atoms with Crippen LogP contribution >= 0.6 is 18.9 Å². The van der Waals surface area contributed by atoms with Crippen molar-refractivity contribution in [3.05, 3.63) is 35.1 Å². The minimum absolute atomic E-state index is 0.343. The summed E-state index contributed by atoms with van der Waals surface area (Å²) in [6.45, 7) is 4.50. The van der Waals surface area contributed by atoms with Gasteiger partial charge in [0.25, 0.3) is 0 Å². The summed E-state index contributed by atoms with van der Waals surface area (Å²) in [4.78, 5) is 40.3. The van der Waals surface area contributed by atoms with E-state index in [0.717, 1.165) is 16.9 Å². The van der Waals surface area contributed by atoms with Gasteiger partial charge in [-0.05, 0) is 12.1 Å². The molecule has 1 aliphatic heterocycles. The van der Waals surface area contributed by atoms with Crippen LogP contribution < -0.4 is 4.90 Å². The number of rotatable bonds is 5. The fourth-order valence-electron chi connectivity index (χ4n) is 3.72. The number of imidazole rings is 1. The lowest BCUT2D eigenvalue weighted by molar-refractivity contribution is 0.122. The number of benzene rings is 1. The Kier molecular flexibility index (Phi) is 5.23. The molecule has 0 amide bonds. The van der Waals surface area contributed by atoms with E-state index in [0.29, 0.717) is 59.8 Å². The lowest BCUT2D eigenvalue weighted by Crippen LogP contribution is -2.37. The number of hydrogen-bond donors (Lipinski definition) is 2. The smallest absolute Gasteiger partial charge is 0.332 e. The average molecular weight is 460 g/mol. The van der Waals surface area contributed by atoms with E-state index >= 15 is 0 Å². The van der Waals surface area contributed by atoms with Crippen LogP contribution in [0, 0.1) is 0 Å². The number of nitrogens with zero attached hydrogens (tertiary/aromatic N) is 6. The Hall–Kier alpha value is -2.43. The van der Waals surface area contributed by atoms with E-state index in [-0.39, 0.29) is 0 Å². The number of aromatic nitrogens is 5. The Morgan fingerprint density at radius 1 is 1.13 bits per heavy atom. The summed E-state index contributed by atoms with van der Waals surface area (Å²) in [6.07, 6.45) is 0.287. The van der Waals surface area contributed by atoms with E-state index in [1.54, 1.807) is 0 Å². The molecule has 0 saturated carbocycles. The molecule has 4 heterocycles. The first-order valence-corrected chi connectivity index (χ1v) is 12.6. The molecule has 1 aliphatic rings. The second-order valence-electron chi connectivity index (χ2n) is 7.24. The summed E-state index contributed by atoms with van der Waals surface area (Å²) in [5.74, 6) is 1.97. The number of ether oxygens (including phenoxy) is 1. The van der Waals surface area contributed by atoms with Crippen molar-refractivity contribution in [2.45, 2.75) is 19.5 Å². The number of hydrogen-bond acceptors (Lipinski definition) is 8. The minimum Gasteiger partial charge on any atom is -0.378 e. The van der Waals surface area contributed by atoms with Gasteiger partial charge in [-0.1, -0.05) is 30.4 Å². The van der Waals surface area contributed by atoms with Crippen molar-refractivity contribution in [1.29, 1.82) is 0 Å². The lowest BCUT2D eigenvalue weighted by atomic mass is 10.3. The van der Waals surface area contributed by atoms with E-state index in [2.05, 4.69) is 9.88 Å². The quantitative estimate of drug-likeness (QED) is 0.432. The standard InChI is InChI=1S/C19H21N6O4PS/c1-2-14-20-12-5-3-4-6-13(12)25(14)19-22-17(24-7-9-29-10-8-24)16-18(23-19)31-15(21-16)11-30(26,27)28/h3-6H,2,7-11H2,1H3,(H2,26,27,28). The van der Waals surface area contributed by atoms with Crippen LogP contribution in [-0.4, -0.2) is 60.6 Å². The summed E-state index contributed by atoms with van der Waals surface area (Å²) >= 11 is 1.19. The SMILES string of the molecule is CCc1nc2ccccc2n1-c1nc(N2CCOCC2)c2nc(CP(=O)(O)O)sc2n1. The van der Waals surface area contributed by atoms with Crippen molar-refractivity contribution in [2.75, 3.05) is 31.2 Å². The molecule has 0 atom stereocenters. The van der Waals surface area contributed by atoms with E-state index < -0.39 is 13.8 Å². The highest BCUT2D eigenvalue weighted by Gasteiger charge is 2.25. The second-order valence-corrected chi connectivity index (χ2v) is 9.94. The molecule has 0 unspecified atom stereocenters. The number of thiazole rings is 1. The topological polar surface area (TPSA) is 126 Å². The zero-order valence-corrected chi connectivity index (χ0v) is 18.5. The van der Waals surface area contributed by atoms with Gasteiger partial charge in [-0.3, -0.25) is 9.13 Å². The Balaban J connectivity index is 1.73. The molecule has 31 heavy (non-hydrogen) atoms. The van der Waals surface area contributed by atoms with E-state index in [4.69, 9.17) is 19.7 Å². The van der Waals surface area contributed by atoms with Crippen LogP contribution in [-0.2, 0) is 21.9 Å². The van der Waals surface area contributed by atoms with E-state index in [9.17, 15) is 14.4 Å². The molecule has 0 aliphatic carbocycles. The minimum atomic E-state index is -4.24. The van der Waals surface area contributed by atoms with Crippen molar-refractivity contribution >= 4 is 46.1 Å². The molecule has 10 nitrogen and oxygen atoms in total. The van der Waals surface area contributed by atoms with Gasteiger partial charge in [0.15, 0.2) is 10.6 Å². The molecule has 2 N–H and O–H groups in total. The fourth-order valence-corrected chi connectivity index (χ4v) is 5.62. The van der Waals surface area contributed by atoms with Crippen molar-refractivity contribution in [3.63, 3.8) is 0 Å². The van der Waals surface area contributed by atoms with Crippen molar-refractivity contribution < 1.29 is 19.1 Å². The van der Waals surface area contributed by atoms with Gasteiger partial charge in [0.2, 0.25) is 5.95 Å². The third-order valence-corrected chi connectivity index (χ3v) is 6.95. The third kappa shape index (κ3) is 3.95. The first kappa shape index (κ1) is 20.5. The zero-order valence-electron chi connectivity index (χ0n) is 16.8. The Bertz CT molecular complexity index is 1310. The molecule has 1 aromatic carbocycles. The predicted octanol–water partition coefficient (Wildman–Crippen LogP) is 2.50. The highest BCUT2D eigenvalue weighted by molar-refractivity contribution is 7.51. The molecular weight excluding hydrogens is 439 g/mol. The van der Waals surface area contributed by atoms with Gasteiger partial charge < -0.3 is 19.4 Å². The number of aryl methyl sites for hydroxylation is 1. The van der Waals surface area contributed by atoms with Crippen LogP contribution in [0.5, 0.6) is 0 Å². The maximum Gasteiger partial charge on any atom is 0.332 e. The largest absolute Gasteiger partial charge is 0.378 e. The lowest BCUT2D eigenvalue weighted by Gasteiger charge is -2.28. The van der Waals surface area contributed by atoms with Crippen LogP contribution in [0.4, 0.5) is 5.82 Å². The molecule has 1 fully saturated rings. The number of anilines is 1. The van der Waals surface area contributed by atoms with Crippen molar-refractivity contribution in [3.8, 4) is 5.95 Å². The molecule has 12 heteroatoms. The molecule has 0 radical (unpaired) electrons. The van der Waals surface area contributed by atoms with Gasteiger partial charge in [-0.25, -0.2) is 9.97 Å². The van der Waals surface area contributed by atoms with Gasteiger partial charge >= 0.3 is 7.60 Å². The number of para-hydroxylation sites is 2. The van der Waals surface area contributed by atoms with Crippen LogP contribution in [0.3, 0.4) is 0 Å². The first-order chi connectivity index (χ1) is 14.9. The summed E-state index contributed by atoms with van der Waals surface area (Å²) < 4.78 is 19.0. The van der Waals surface area contributed by atoms with E-state index in [1.165, 1.54) is 11.3 Å². The Morgan fingerprint density at radius 3 is 2.65 bits per heavy atom. The summed E-state index contributed by atoms with van der Waals surface area (Å²) in [5, 5.41) is 0.343. The van der Waals surface area contributed by atoms with Crippen molar-refractivity contribution in [1.82, 2.24) is 24.5 Å². The van der Waals surface area contributed by atoms with Crippen LogP contribution in [0.25, 0.3) is 27.3 Å². The van der Waals surface area contributed by atoms with Gasteiger partial charge in [-0.2, -0.15) is 9.97 Å². The Morgan fingerprint density at radius 2 is 1.90 bits per heavy atom. The van der Waals surface area contributed by atoms with Gasteiger partial charge in [0, 0.05) is 19.5 Å². The monoisotopic (exact) mass is 460 g/mol. The van der Waals surface area contributed by atoms with Gasteiger partial charge in [0.05, 0.1) is 24.2 Å². The first-order valence-electron chi connectivity index (χ1n) is 9.94. The fraction of sp³-hybridized carbons (Fsp3) is 0.368. The second kappa shape index (κ2) is 7.92. The molecule has 5 rings (SSSR count). The molecule has 162 valence electrons. The molecular formula is C19H21N6O4PS. The maximum atomic E-state index is 11.5.